The van der Waals surface area contributed by atoms with Gasteiger partial charge >= 0.3 is 0 Å². The fraction of sp³-hybridized carbons (Fsp3) is 0.571. The van der Waals surface area contributed by atoms with Crippen molar-refractivity contribution in [1.82, 2.24) is 10.6 Å². The van der Waals surface area contributed by atoms with Gasteiger partial charge in [0.25, 0.3) is 0 Å². The maximum atomic E-state index is 5.74. The molecule has 1 atom stereocenters. The van der Waals surface area contributed by atoms with E-state index in [9.17, 15) is 0 Å². The number of nitrogens with zero attached hydrogens (tertiary/aromatic N) is 1. The Labute approximate surface area is 163 Å². The van der Waals surface area contributed by atoms with E-state index in [2.05, 4.69) is 29.1 Å². The van der Waals surface area contributed by atoms with E-state index in [1.54, 1.807) is 6.08 Å². The van der Waals surface area contributed by atoms with Gasteiger partial charge in [-0.1, -0.05) is 30.9 Å². The molecule has 27 heavy (non-hydrogen) atoms. The van der Waals surface area contributed by atoms with E-state index < -0.39 is 0 Å². The van der Waals surface area contributed by atoms with Crippen molar-refractivity contribution in [3.05, 3.63) is 42.5 Å². The third-order valence-corrected chi connectivity index (χ3v) is 4.22. The predicted octanol–water partition coefficient (Wildman–Crippen LogP) is 2.75. The SMILES string of the molecule is C=CCOc1ccccc1CN=C(NCC)NCCCOCC1CCOC1. The van der Waals surface area contributed by atoms with Crippen molar-refractivity contribution in [2.24, 2.45) is 10.9 Å². The number of aliphatic imine (C=N–C) groups is 1. The van der Waals surface area contributed by atoms with Gasteiger partial charge in [0.15, 0.2) is 5.96 Å². The Bertz CT molecular complexity index is 572. The Hall–Kier alpha value is -2.05. The molecule has 0 radical (unpaired) electrons. The van der Waals surface area contributed by atoms with Gasteiger partial charge < -0.3 is 24.8 Å². The molecule has 0 saturated carbocycles. The van der Waals surface area contributed by atoms with Crippen molar-refractivity contribution in [3.8, 4) is 5.75 Å². The van der Waals surface area contributed by atoms with Crippen molar-refractivity contribution < 1.29 is 14.2 Å². The van der Waals surface area contributed by atoms with Gasteiger partial charge in [-0.15, -0.1) is 0 Å². The molecule has 0 aromatic heterocycles. The number of benzene rings is 1. The molecule has 1 aliphatic rings. The maximum Gasteiger partial charge on any atom is 0.191 e. The Morgan fingerprint density at radius 1 is 1.37 bits per heavy atom. The van der Waals surface area contributed by atoms with Crippen molar-refractivity contribution in [3.63, 3.8) is 0 Å². The van der Waals surface area contributed by atoms with Gasteiger partial charge in [0.05, 0.1) is 19.8 Å². The van der Waals surface area contributed by atoms with Gasteiger partial charge in [-0.25, -0.2) is 4.99 Å². The first-order chi connectivity index (χ1) is 13.3. The molecule has 6 heteroatoms. The molecule has 6 nitrogen and oxygen atoms in total. The standard InChI is InChI=1S/C21H33N3O3/c1-3-12-27-20-9-6-5-8-19(20)15-24-21(22-4-2)23-11-7-13-25-16-18-10-14-26-17-18/h3,5-6,8-9,18H,1,4,7,10-17H2,2H3,(H2,22,23,24). The predicted molar refractivity (Wildman–Crippen MR) is 109 cm³/mol. The van der Waals surface area contributed by atoms with Gasteiger partial charge in [-0.2, -0.15) is 0 Å². The number of ether oxygens (including phenoxy) is 3. The van der Waals surface area contributed by atoms with Gasteiger partial charge in [-0.3, -0.25) is 0 Å². The average molecular weight is 376 g/mol. The van der Waals surface area contributed by atoms with Crippen LogP contribution in [-0.4, -0.2) is 52.1 Å². The molecule has 1 aromatic rings. The second kappa shape index (κ2) is 13.2. The zero-order valence-electron chi connectivity index (χ0n) is 16.4. The second-order valence-corrected chi connectivity index (χ2v) is 6.49. The minimum Gasteiger partial charge on any atom is -0.489 e. The van der Waals surface area contributed by atoms with Crippen LogP contribution in [0.5, 0.6) is 5.75 Å². The molecular weight excluding hydrogens is 342 g/mol. The third kappa shape index (κ3) is 8.45. The van der Waals surface area contributed by atoms with E-state index in [4.69, 9.17) is 14.2 Å². The zero-order chi connectivity index (χ0) is 19.2. The number of hydrogen-bond acceptors (Lipinski definition) is 4. The molecule has 0 spiro atoms. The molecule has 1 fully saturated rings. The Morgan fingerprint density at radius 3 is 3.04 bits per heavy atom. The summed E-state index contributed by atoms with van der Waals surface area (Å²) in [5, 5.41) is 6.63. The van der Waals surface area contributed by atoms with Crippen LogP contribution in [0.1, 0.15) is 25.3 Å². The van der Waals surface area contributed by atoms with Crippen molar-refractivity contribution in [2.45, 2.75) is 26.3 Å². The molecule has 1 heterocycles. The summed E-state index contributed by atoms with van der Waals surface area (Å²) in [5.74, 6) is 2.22. The summed E-state index contributed by atoms with van der Waals surface area (Å²) in [6.07, 6.45) is 3.80. The van der Waals surface area contributed by atoms with E-state index in [1.165, 1.54) is 0 Å². The molecule has 2 rings (SSSR count). The fourth-order valence-corrected chi connectivity index (χ4v) is 2.78. The smallest absolute Gasteiger partial charge is 0.191 e. The molecule has 0 amide bonds. The zero-order valence-corrected chi connectivity index (χ0v) is 16.4. The van der Waals surface area contributed by atoms with Crippen LogP contribution in [0, 0.1) is 5.92 Å². The van der Waals surface area contributed by atoms with Crippen LogP contribution >= 0.6 is 0 Å². The molecule has 1 aliphatic heterocycles. The highest BCUT2D eigenvalue weighted by Gasteiger charge is 2.15. The first-order valence-corrected chi connectivity index (χ1v) is 9.82. The monoisotopic (exact) mass is 375 g/mol. The van der Waals surface area contributed by atoms with E-state index in [0.717, 1.165) is 69.6 Å². The quantitative estimate of drug-likeness (QED) is 0.255. The second-order valence-electron chi connectivity index (χ2n) is 6.49. The third-order valence-electron chi connectivity index (χ3n) is 4.22. The Balaban J connectivity index is 1.72. The van der Waals surface area contributed by atoms with Gasteiger partial charge in [0, 0.05) is 37.8 Å². The van der Waals surface area contributed by atoms with Crippen LogP contribution in [0.2, 0.25) is 0 Å². The topological polar surface area (TPSA) is 64.1 Å². The summed E-state index contributed by atoms with van der Waals surface area (Å²) < 4.78 is 16.8. The first kappa shape index (κ1) is 21.3. The molecule has 0 aliphatic carbocycles. The summed E-state index contributed by atoms with van der Waals surface area (Å²) in [6, 6.07) is 7.96. The normalized spacial score (nSPS) is 16.9. The highest BCUT2D eigenvalue weighted by atomic mass is 16.5. The van der Waals surface area contributed by atoms with E-state index in [0.29, 0.717) is 19.1 Å². The summed E-state index contributed by atoms with van der Waals surface area (Å²) >= 11 is 0. The van der Waals surface area contributed by atoms with Crippen molar-refractivity contribution in [1.29, 1.82) is 0 Å². The number of guanidine groups is 1. The molecule has 2 N–H and O–H groups in total. The Kier molecular flexibility index (Phi) is 10.4. The van der Waals surface area contributed by atoms with Crippen LogP contribution in [0.25, 0.3) is 0 Å². The minimum absolute atomic E-state index is 0.492. The minimum atomic E-state index is 0.492. The number of para-hydroxylation sites is 1. The van der Waals surface area contributed by atoms with Gasteiger partial charge in [0.2, 0.25) is 0 Å². The highest BCUT2D eigenvalue weighted by molar-refractivity contribution is 5.79. The average Bonchev–Trinajstić information content (AvgIpc) is 3.21. The molecule has 150 valence electrons. The lowest BCUT2D eigenvalue weighted by atomic mass is 10.1. The number of hydrogen-bond donors (Lipinski definition) is 2. The number of rotatable bonds is 12. The summed E-state index contributed by atoms with van der Waals surface area (Å²) in [6.45, 7) is 11.7. The molecule has 1 unspecified atom stereocenters. The van der Waals surface area contributed by atoms with Crippen molar-refractivity contribution >= 4 is 5.96 Å². The fourth-order valence-electron chi connectivity index (χ4n) is 2.78. The van der Waals surface area contributed by atoms with Gasteiger partial charge in [-0.05, 0) is 25.8 Å². The van der Waals surface area contributed by atoms with Crippen LogP contribution in [0.3, 0.4) is 0 Å². The summed E-state index contributed by atoms with van der Waals surface area (Å²) in [5.41, 5.74) is 1.05. The molecule has 1 saturated heterocycles. The summed E-state index contributed by atoms with van der Waals surface area (Å²) in [4.78, 5) is 4.66. The molecular formula is C21H33N3O3. The van der Waals surface area contributed by atoms with Crippen LogP contribution < -0.4 is 15.4 Å². The Morgan fingerprint density at radius 2 is 2.26 bits per heavy atom. The first-order valence-electron chi connectivity index (χ1n) is 9.82. The lowest BCUT2D eigenvalue weighted by Gasteiger charge is -2.13. The van der Waals surface area contributed by atoms with Crippen LogP contribution in [-0.2, 0) is 16.0 Å². The highest BCUT2D eigenvalue weighted by Crippen LogP contribution is 2.18. The summed E-state index contributed by atoms with van der Waals surface area (Å²) in [7, 11) is 0. The molecule has 1 aromatic carbocycles. The maximum absolute atomic E-state index is 5.74. The van der Waals surface area contributed by atoms with Gasteiger partial charge in [0.1, 0.15) is 12.4 Å². The van der Waals surface area contributed by atoms with E-state index in [-0.39, 0.29) is 0 Å². The van der Waals surface area contributed by atoms with E-state index >= 15 is 0 Å². The molecule has 0 bridgehead atoms. The lowest BCUT2D eigenvalue weighted by Crippen LogP contribution is -2.38. The largest absolute Gasteiger partial charge is 0.489 e. The van der Waals surface area contributed by atoms with Crippen molar-refractivity contribution in [2.75, 3.05) is 46.1 Å². The van der Waals surface area contributed by atoms with Crippen LogP contribution in [0.15, 0.2) is 41.9 Å². The van der Waals surface area contributed by atoms with Crippen LogP contribution in [0.4, 0.5) is 0 Å². The number of nitrogens with one attached hydrogen (secondary N) is 2. The van der Waals surface area contributed by atoms with E-state index in [1.807, 2.05) is 24.3 Å². The lowest BCUT2D eigenvalue weighted by molar-refractivity contribution is 0.0888.